The highest BCUT2D eigenvalue weighted by Gasteiger charge is 2.22. The van der Waals surface area contributed by atoms with Gasteiger partial charge in [0, 0.05) is 24.3 Å². The predicted molar refractivity (Wildman–Crippen MR) is 101 cm³/mol. The Hall–Kier alpha value is -2.92. The van der Waals surface area contributed by atoms with Gasteiger partial charge in [-0.05, 0) is 30.5 Å². The molecule has 2 amide bonds. The first-order valence-electron chi connectivity index (χ1n) is 8.86. The number of hydrogen-bond acceptors (Lipinski definition) is 5. The van der Waals surface area contributed by atoms with Gasteiger partial charge >= 0.3 is 0 Å². The van der Waals surface area contributed by atoms with Crippen LogP contribution in [0.1, 0.15) is 30.6 Å². The summed E-state index contributed by atoms with van der Waals surface area (Å²) < 4.78 is 6.82. The minimum absolute atomic E-state index is 0.0874. The fraction of sp³-hybridized carbons (Fsp3) is 0.474. The second-order valence-corrected chi connectivity index (χ2v) is 6.69. The summed E-state index contributed by atoms with van der Waals surface area (Å²) in [7, 11) is 1.63. The third-order valence-corrected chi connectivity index (χ3v) is 4.01. The van der Waals surface area contributed by atoms with Crippen molar-refractivity contribution in [2.75, 3.05) is 20.3 Å². The van der Waals surface area contributed by atoms with Crippen molar-refractivity contribution >= 4 is 22.7 Å². The molecule has 0 radical (unpaired) electrons. The number of amides is 2. The van der Waals surface area contributed by atoms with Gasteiger partial charge in [-0.1, -0.05) is 13.8 Å². The zero-order valence-electron chi connectivity index (χ0n) is 15.9. The first-order valence-corrected chi connectivity index (χ1v) is 8.86. The summed E-state index contributed by atoms with van der Waals surface area (Å²) in [5.74, 6) is -0.476. The number of methoxy groups -OCH3 is 1. The van der Waals surface area contributed by atoms with Crippen molar-refractivity contribution in [3.8, 4) is 6.07 Å². The molecule has 1 aromatic carbocycles. The first-order chi connectivity index (χ1) is 12.9. The van der Waals surface area contributed by atoms with E-state index in [4.69, 9.17) is 10.00 Å². The summed E-state index contributed by atoms with van der Waals surface area (Å²) in [6, 6.07) is 6.39. The van der Waals surface area contributed by atoms with Crippen molar-refractivity contribution < 1.29 is 14.3 Å². The molecule has 0 spiro atoms. The third-order valence-electron chi connectivity index (χ3n) is 4.01. The number of carbonyl (C=O) groups excluding carboxylic acids is 2. The first kappa shape index (κ1) is 20.4. The number of nitrogens with zero attached hydrogens (tertiary/aromatic N) is 3. The molecule has 0 aliphatic carbocycles. The lowest BCUT2D eigenvalue weighted by Crippen LogP contribution is -2.47. The van der Waals surface area contributed by atoms with E-state index in [1.54, 1.807) is 30.0 Å². The van der Waals surface area contributed by atoms with Crippen LogP contribution in [0.25, 0.3) is 10.9 Å². The van der Waals surface area contributed by atoms with Crippen LogP contribution in [0, 0.1) is 17.2 Å². The monoisotopic (exact) mass is 371 g/mol. The van der Waals surface area contributed by atoms with E-state index in [-0.39, 0.29) is 24.3 Å². The Kier molecular flexibility index (Phi) is 7.32. The van der Waals surface area contributed by atoms with Gasteiger partial charge in [-0.3, -0.25) is 14.3 Å². The Balaban J connectivity index is 2.13. The Morgan fingerprint density at radius 3 is 2.81 bits per heavy atom. The summed E-state index contributed by atoms with van der Waals surface area (Å²) in [6.07, 6.45) is 2.34. The van der Waals surface area contributed by atoms with Crippen LogP contribution in [-0.4, -0.2) is 47.9 Å². The average molecular weight is 371 g/mol. The van der Waals surface area contributed by atoms with E-state index in [9.17, 15) is 9.59 Å². The van der Waals surface area contributed by atoms with Gasteiger partial charge in [0.1, 0.15) is 12.6 Å². The van der Waals surface area contributed by atoms with Crippen LogP contribution in [0.4, 0.5) is 0 Å². The minimum Gasteiger partial charge on any atom is -0.383 e. The molecule has 0 saturated heterocycles. The molecular formula is C19H25N5O3. The Labute approximate surface area is 158 Å². The number of benzene rings is 1. The van der Waals surface area contributed by atoms with Crippen LogP contribution < -0.4 is 10.6 Å². The Morgan fingerprint density at radius 2 is 2.15 bits per heavy atom. The van der Waals surface area contributed by atoms with Gasteiger partial charge in [-0.2, -0.15) is 10.4 Å². The number of ether oxygens (including phenoxy) is 1. The SMILES string of the molecule is COCCn1cc2cc(C(=O)NC(CC(C)C)C(=O)NCC#N)ccc2n1. The summed E-state index contributed by atoms with van der Waals surface area (Å²) in [5, 5.41) is 19.2. The number of fused-ring (bicyclic) bond motifs is 1. The highest BCUT2D eigenvalue weighted by Crippen LogP contribution is 2.15. The molecule has 2 aromatic rings. The quantitative estimate of drug-likeness (QED) is 0.649. The lowest BCUT2D eigenvalue weighted by Gasteiger charge is -2.19. The fourth-order valence-electron chi connectivity index (χ4n) is 2.71. The van der Waals surface area contributed by atoms with E-state index in [2.05, 4.69) is 15.7 Å². The molecule has 8 nitrogen and oxygen atoms in total. The molecule has 0 aliphatic heterocycles. The second kappa shape index (κ2) is 9.69. The Bertz CT molecular complexity index is 837. The highest BCUT2D eigenvalue weighted by molar-refractivity contribution is 6.00. The molecule has 144 valence electrons. The van der Waals surface area contributed by atoms with Crippen LogP contribution in [0.3, 0.4) is 0 Å². The van der Waals surface area contributed by atoms with E-state index in [1.807, 2.05) is 26.1 Å². The maximum Gasteiger partial charge on any atom is 0.251 e. The van der Waals surface area contributed by atoms with Crippen LogP contribution in [0.5, 0.6) is 0 Å². The normalized spacial score (nSPS) is 12.0. The number of carbonyl (C=O) groups is 2. The fourth-order valence-corrected chi connectivity index (χ4v) is 2.71. The molecule has 2 N–H and O–H groups in total. The van der Waals surface area contributed by atoms with E-state index < -0.39 is 6.04 Å². The van der Waals surface area contributed by atoms with Gasteiger partial charge in [0.05, 0.1) is 24.7 Å². The smallest absolute Gasteiger partial charge is 0.251 e. The van der Waals surface area contributed by atoms with Crippen LogP contribution in [0.15, 0.2) is 24.4 Å². The van der Waals surface area contributed by atoms with Gasteiger partial charge < -0.3 is 15.4 Å². The molecule has 1 aromatic heterocycles. The molecule has 27 heavy (non-hydrogen) atoms. The van der Waals surface area contributed by atoms with Crippen molar-refractivity contribution in [3.05, 3.63) is 30.0 Å². The summed E-state index contributed by atoms with van der Waals surface area (Å²) in [6.45, 7) is 5.03. The van der Waals surface area contributed by atoms with Crippen molar-refractivity contribution in [2.24, 2.45) is 5.92 Å². The van der Waals surface area contributed by atoms with Gasteiger partial charge in [0.2, 0.25) is 5.91 Å². The van der Waals surface area contributed by atoms with Crippen molar-refractivity contribution in [3.63, 3.8) is 0 Å². The number of rotatable bonds is 9. The molecule has 0 saturated carbocycles. The standard InChI is InChI=1S/C19H25N5O3/c1-13(2)10-17(19(26)21-7-6-20)22-18(25)14-4-5-16-15(11-14)12-24(23-16)8-9-27-3/h4-5,11-13,17H,7-10H2,1-3H3,(H,21,26)(H,22,25). The molecule has 0 fully saturated rings. The van der Waals surface area contributed by atoms with E-state index in [0.717, 1.165) is 10.9 Å². The number of nitrogens with one attached hydrogen (secondary N) is 2. The zero-order valence-corrected chi connectivity index (χ0v) is 15.9. The second-order valence-electron chi connectivity index (χ2n) is 6.69. The third kappa shape index (κ3) is 5.79. The van der Waals surface area contributed by atoms with E-state index in [0.29, 0.717) is 25.1 Å². The van der Waals surface area contributed by atoms with Gasteiger partial charge in [-0.15, -0.1) is 0 Å². The molecule has 0 bridgehead atoms. The van der Waals surface area contributed by atoms with E-state index in [1.165, 1.54) is 0 Å². The number of hydrogen-bond donors (Lipinski definition) is 2. The maximum atomic E-state index is 12.6. The zero-order chi connectivity index (χ0) is 19.8. The Morgan fingerprint density at radius 1 is 1.37 bits per heavy atom. The largest absolute Gasteiger partial charge is 0.383 e. The molecule has 1 heterocycles. The molecule has 1 atom stereocenters. The topological polar surface area (TPSA) is 109 Å². The minimum atomic E-state index is -0.689. The lowest BCUT2D eigenvalue weighted by atomic mass is 10.0. The molecule has 2 rings (SSSR count). The summed E-state index contributed by atoms with van der Waals surface area (Å²) >= 11 is 0. The van der Waals surface area contributed by atoms with Crippen LogP contribution in [0.2, 0.25) is 0 Å². The summed E-state index contributed by atoms with van der Waals surface area (Å²) in [4.78, 5) is 24.9. The van der Waals surface area contributed by atoms with Crippen LogP contribution >= 0.6 is 0 Å². The predicted octanol–water partition coefficient (Wildman–Crippen LogP) is 1.47. The number of aromatic nitrogens is 2. The van der Waals surface area contributed by atoms with Crippen LogP contribution in [-0.2, 0) is 16.1 Å². The lowest BCUT2D eigenvalue weighted by molar-refractivity contribution is -0.123. The molecular weight excluding hydrogens is 346 g/mol. The highest BCUT2D eigenvalue weighted by atomic mass is 16.5. The molecule has 0 aliphatic rings. The molecule has 1 unspecified atom stereocenters. The number of nitriles is 1. The van der Waals surface area contributed by atoms with Gasteiger partial charge in [0.15, 0.2) is 0 Å². The van der Waals surface area contributed by atoms with E-state index >= 15 is 0 Å². The van der Waals surface area contributed by atoms with Crippen molar-refractivity contribution in [2.45, 2.75) is 32.9 Å². The maximum absolute atomic E-state index is 12.6. The average Bonchev–Trinajstić information content (AvgIpc) is 3.05. The van der Waals surface area contributed by atoms with Crippen molar-refractivity contribution in [1.82, 2.24) is 20.4 Å². The van der Waals surface area contributed by atoms with Gasteiger partial charge in [-0.25, -0.2) is 0 Å². The summed E-state index contributed by atoms with van der Waals surface area (Å²) in [5.41, 5.74) is 1.24. The molecule has 8 heteroatoms. The van der Waals surface area contributed by atoms with Gasteiger partial charge in [0.25, 0.3) is 5.91 Å². The van der Waals surface area contributed by atoms with Crippen molar-refractivity contribution in [1.29, 1.82) is 5.26 Å².